The largest absolute Gasteiger partial charge is 0.489 e. The van der Waals surface area contributed by atoms with Gasteiger partial charge in [-0.05, 0) is 41.3 Å². The van der Waals surface area contributed by atoms with Crippen molar-refractivity contribution < 1.29 is 9.53 Å². The van der Waals surface area contributed by atoms with E-state index in [1.54, 1.807) is 4.90 Å². The van der Waals surface area contributed by atoms with Crippen molar-refractivity contribution in [3.8, 4) is 5.75 Å². The van der Waals surface area contributed by atoms with E-state index in [-0.39, 0.29) is 5.91 Å². The summed E-state index contributed by atoms with van der Waals surface area (Å²) in [6, 6.07) is 25.9. The molecule has 0 atom stereocenters. The fraction of sp³-hybridized carbons (Fsp3) is 0.240. The van der Waals surface area contributed by atoms with Crippen molar-refractivity contribution >= 4 is 5.91 Å². The molecule has 28 heavy (non-hydrogen) atoms. The third kappa shape index (κ3) is 5.23. The van der Waals surface area contributed by atoms with Crippen molar-refractivity contribution in [2.45, 2.75) is 32.9 Å². The van der Waals surface area contributed by atoms with E-state index in [0.717, 1.165) is 40.8 Å². The van der Waals surface area contributed by atoms with E-state index in [2.05, 4.69) is 19.1 Å². The monoisotopic (exact) mass is 373 g/mol. The summed E-state index contributed by atoms with van der Waals surface area (Å²) in [6.45, 7) is 3.17. The predicted octanol–water partition coefficient (Wildman–Crippen LogP) is 5.49. The molecule has 0 aliphatic heterocycles. The molecule has 0 aliphatic rings. The summed E-state index contributed by atoms with van der Waals surface area (Å²) in [5.41, 5.74) is 3.99. The molecule has 3 heteroatoms. The normalized spacial score (nSPS) is 10.5. The van der Waals surface area contributed by atoms with Crippen molar-refractivity contribution in [2.24, 2.45) is 0 Å². The maximum atomic E-state index is 13.2. The Balaban J connectivity index is 1.77. The lowest BCUT2D eigenvalue weighted by molar-refractivity contribution is 0.0784. The van der Waals surface area contributed by atoms with Crippen LogP contribution < -0.4 is 4.74 Å². The minimum atomic E-state index is 0.0499. The first-order valence-corrected chi connectivity index (χ1v) is 9.76. The van der Waals surface area contributed by atoms with Gasteiger partial charge in [-0.15, -0.1) is 0 Å². The highest BCUT2D eigenvalue weighted by molar-refractivity contribution is 5.95. The van der Waals surface area contributed by atoms with Crippen LogP contribution in [-0.2, 0) is 19.6 Å². The number of ether oxygens (including phenoxy) is 1. The average Bonchev–Trinajstić information content (AvgIpc) is 2.74. The molecule has 3 aromatic rings. The first kappa shape index (κ1) is 19.7. The van der Waals surface area contributed by atoms with Gasteiger partial charge in [0.15, 0.2) is 0 Å². The first-order valence-electron chi connectivity index (χ1n) is 9.76. The first-order chi connectivity index (χ1) is 13.7. The molecule has 0 spiro atoms. The van der Waals surface area contributed by atoms with E-state index in [1.165, 1.54) is 0 Å². The highest BCUT2D eigenvalue weighted by atomic mass is 16.5. The summed E-state index contributed by atoms with van der Waals surface area (Å²) in [5, 5.41) is 0. The number of hydrogen-bond donors (Lipinski definition) is 0. The Hall–Kier alpha value is -3.07. The molecule has 0 radical (unpaired) electrons. The van der Waals surface area contributed by atoms with Crippen LogP contribution in [0, 0.1) is 0 Å². The predicted molar refractivity (Wildman–Crippen MR) is 113 cm³/mol. The minimum absolute atomic E-state index is 0.0499. The zero-order valence-electron chi connectivity index (χ0n) is 16.6. The lowest BCUT2D eigenvalue weighted by Crippen LogP contribution is -2.27. The number of hydrogen-bond acceptors (Lipinski definition) is 2. The molecule has 3 aromatic carbocycles. The molecule has 0 unspecified atom stereocenters. The number of para-hydroxylation sites is 1. The fourth-order valence-corrected chi connectivity index (χ4v) is 3.22. The maximum Gasteiger partial charge on any atom is 0.254 e. The zero-order chi connectivity index (χ0) is 19.8. The van der Waals surface area contributed by atoms with E-state index >= 15 is 0 Å². The number of nitrogens with zero attached hydrogens (tertiary/aromatic N) is 1. The van der Waals surface area contributed by atoms with E-state index in [9.17, 15) is 4.79 Å². The second kappa shape index (κ2) is 9.75. The van der Waals surface area contributed by atoms with Gasteiger partial charge in [0.05, 0.1) is 0 Å². The van der Waals surface area contributed by atoms with Gasteiger partial charge in [0.25, 0.3) is 5.91 Å². The SMILES string of the molecule is CCCc1ccc(COc2ccccc2)cc1C(=O)N(C)Cc1ccccc1. The van der Waals surface area contributed by atoms with Crippen molar-refractivity contribution in [1.29, 1.82) is 0 Å². The molecule has 0 aromatic heterocycles. The van der Waals surface area contributed by atoms with Crippen LogP contribution in [0.4, 0.5) is 0 Å². The van der Waals surface area contributed by atoms with E-state index < -0.39 is 0 Å². The van der Waals surface area contributed by atoms with Crippen LogP contribution in [0.5, 0.6) is 5.75 Å². The Morgan fingerprint density at radius 1 is 0.893 bits per heavy atom. The van der Waals surface area contributed by atoms with Gasteiger partial charge < -0.3 is 9.64 Å². The number of rotatable bonds is 8. The summed E-state index contributed by atoms with van der Waals surface area (Å²) >= 11 is 0. The summed E-state index contributed by atoms with van der Waals surface area (Å²) in [4.78, 5) is 14.9. The number of benzene rings is 3. The maximum absolute atomic E-state index is 13.2. The van der Waals surface area contributed by atoms with Crippen LogP contribution in [0.2, 0.25) is 0 Å². The van der Waals surface area contributed by atoms with Crippen LogP contribution in [0.25, 0.3) is 0 Å². The molecule has 3 rings (SSSR count). The fourth-order valence-electron chi connectivity index (χ4n) is 3.22. The molecule has 1 amide bonds. The van der Waals surface area contributed by atoms with E-state index in [0.29, 0.717) is 13.2 Å². The van der Waals surface area contributed by atoms with E-state index in [4.69, 9.17) is 4.74 Å². The van der Waals surface area contributed by atoms with Crippen molar-refractivity contribution in [3.05, 3.63) is 101 Å². The number of amides is 1. The Morgan fingerprint density at radius 2 is 1.57 bits per heavy atom. The minimum Gasteiger partial charge on any atom is -0.489 e. The summed E-state index contributed by atoms with van der Waals surface area (Å²) in [7, 11) is 1.86. The number of aryl methyl sites for hydroxylation is 1. The second-order valence-electron chi connectivity index (χ2n) is 6.99. The van der Waals surface area contributed by atoms with Crippen LogP contribution in [0.15, 0.2) is 78.9 Å². The third-order valence-corrected chi connectivity index (χ3v) is 4.68. The average molecular weight is 373 g/mol. The Morgan fingerprint density at radius 3 is 2.25 bits per heavy atom. The molecule has 0 heterocycles. The second-order valence-corrected chi connectivity index (χ2v) is 6.99. The molecule has 0 N–H and O–H groups in total. The molecule has 3 nitrogen and oxygen atoms in total. The van der Waals surface area contributed by atoms with Gasteiger partial charge in [0, 0.05) is 19.2 Å². The van der Waals surface area contributed by atoms with Gasteiger partial charge in [0.1, 0.15) is 12.4 Å². The summed E-state index contributed by atoms with van der Waals surface area (Å²) < 4.78 is 5.86. The quantitative estimate of drug-likeness (QED) is 0.522. The van der Waals surface area contributed by atoms with Gasteiger partial charge in [-0.25, -0.2) is 0 Å². The van der Waals surface area contributed by atoms with E-state index in [1.807, 2.05) is 73.8 Å². The highest BCUT2D eigenvalue weighted by Gasteiger charge is 2.17. The smallest absolute Gasteiger partial charge is 0.254 e. The molecular weight excluding hydrogens is 346 g/mol. The van der Waals surface area contributed by atoms with Crippen molar-refractivity contribution in [1.82, 2.24) is 4.90 Å². The lowest BCUT2D eigenvalue weighted by atomic mass is 9.99. The van der Waals surface area contributed by atoms with Gasteiger partial charge >= 0.3 is 0 Å². The molecule has 0 saturated carbocycles. The van der Waals surface area contributed by atoms with Gasteiger partial charge in [-0.2, -0.15) is 0 Å². The van der Waals surface area contributed by atoms with Gasteiger partial charge in [0.2, 0.25) is 0 Å². The molecule has 144 valence electrons. The molecule has 0 saturated heterocycles. The number of carbonyl (C=O) groups is 1. The third-order valence-electron chi connectivity index (χ3n) is 4.68. The molecule has 0 fully saturated rings. The summed E-state index contributed by atoms with van der Waals surface area (Å²) in [6.07, 6.45) is 1.89. The van der Waals surface area contributed by atoms with Crippen LogP contribution in [0.3, 0.4) is 0 Å². The van der Waals surface area contributed by atoms with Crippen molar-refractivity contribution in [3.63, 3.8) is 0 Å². The summed E-state index contributed by atoms with van der Waals surface area (Å²) in [5.74, 6) is 0.878. The lowest BCUT2D eigenvalue weighted by Gasteiger charge is -2.20. The molecule has 0 aliphatic carbocycles. The highest BCUT2D eigenvalue weighted by Crippen LogP contribution is 2.19. The van der Waals surface area contributed by atoms with Crippen molar-refractivity contribution in [2.75, 3.05) is 7.05 Å². The van der Waals surface area contributed by atoms with Crippen LogP contribution in [-0.4, -0.2) is 17.9 Å². The topological polar surface area (TPSA) is 29.5 Å². The Kier molecular flexibility index (Phi) is 6.85. The Bertz CT molecular complexity index is 891. The van der Waals surface area contributed by atoms with Crippen LogP contribution >= 0.6 is 0 Å². The molecule has 0 bridgehead atoms. The Labute approximate surface area is 167 Å². The number of carbonyl (C=O) groups excluding carboxylic acids is 1. The van der Waals surface area contributed by atoms with Gasteiger partial charge in [-0.1, -0.05) is 74.0 Å². The van der Waals surface area contributed by atoms with Gasteiger partial charge in [-0.3, -0.25) is 4.79 Å². The molecular formula is C25H27NO2. The zero-order valence-corrected chi connectivity index (χ0v) is 16.6. The van der Waals surface area contributed by atoms with Crippen LogP contribution in [0.1, 0.15) is 40.4 Å². The standard InChI is InChI=1S/C25H27NO2/c1-3-10-22-16-15-21(19-28-23-13-8-5-9-14-23)17-24(22)25(27)26(2)18-20-11-6-4-7-12-20/h4-9,11-17H,3,10,18-19H2,1-2H3.